The minimum Gasteiger partial charge on any atom is -0.334 e. The first-order valence-electron chi connectivity index (χ1n) is 6.15. The lowest BCUT2D eigenvalue weighted by Gasteiger charge is -2.11. The first-order chi connectivity index (χ1) is 8.52. The second kappa shape index (κ2) is 4.90. The van der Waals surface area contributed by atoms with E-state index in [1.807, 2.05) is 24.3 Å². The molecule has 1 heterocycles. The first kappa shape index (κ1) is 12.8. The summed E-state index contributed by atoms with van der Waals surface area (Å²) < 4.78 is 5.36. The van der Waals surface area contributed by atoms with Crippen LogP contribution in [0.25, 0.3) is 11.5 Å². The third-order valence-electron chi connectivity index (χ3n) is 2.76. The summed E-state index contributed by atoms with van der Waals surface area (Å²) in [7, 11) is 0. The van der Waals surface area contributed by atoms with Crippen LogP contribution in [0.2, 0.25) is 0 Å². The van der Waals surface area contributed by atoms with E-state index in [1.165, 1.54) is 0 Å². The van der Waals surface area contributed by atoms with Gasteiger partial charge in [0.15, 0.2) is 5.82 Å². The molecule has 0 aliphatic heterocycles. The maximum Gasteiger partial charge on any atom is 0.258 e. The smallest absolute Gasteiger partial charge is 0.258 e. The Kier molecular flexibility index (Phi) is 3.48. The average Bonchev–Trinajstić information content (AvgIpc) is 2.79. The number of hydrogen-bond acceptors (Lipinski definition) is 4. The Morgan fingerprint density at radius 2 is 1.94 bits per heavy atom. The van der Waals surface area contributed by atoms with Crippen molar-refractivity contribution in [1.29, 1.82) is 0 Å². The molecule has 0 aliphatic carbocycles. The molecule has 18 heavy (non-hydrogen) atoms. The molecule has 0 fully saturated rings. The molecule has 0 bridgehead atoms. The minimum atomic E-state index is -0.107. The number of benzene rings is 1. The number of hydrogen-bond donors (Lipinski definition) is 1. The van der Waals surface area contributed by atoms with E-state index >= 15 is 0 Å². The van der Waals surface area contributed by atoms with Crippen LogP contribution in [0.1, 0.15) is 32.2 Å². The summed E-state index contributed by atoms with van der Waals surface area (Å²) in [5.41, 5.74) is 7.63. The molecule has 0 spiro atoms. The molecule has 0 aliphatic rings. The van der Waals surface area contributed by atoms with Crippen LogP contribution in [0, 0.1) is 0 Å². The van der Waals surface area contributed by atoms with Gasteiger partial charge in [-0.25, -0.2) is 0 Å². The lowest BCUT2D eigenvalue weighted by Crippen LogP contribution is -2.13. The summed E-state index contributed by atoms with van der Waals surface area (Å²) in [6.07, 6.45) is 0.809. The SMILES string of the molecule is CC(C)(C)c1noc(-c2ccccc2CCN)n1. The maximum atomic E-state index is 5.62. The van der Waals surface area contributed by atoms with Crippen molar-refractivity contribution in [3.63, 3.8) is 0 Å². The molecule has 1 aromatic carbocycles. The van der Waals surface area contributed by atoms with E-state index in [0.29, 0.717) is 12.4 Å². The van der Waals surface area contributed by atoms with Crippen molar-refractivity contribution in [1.82, 2.24) is 10.1 Å². The maximum absolute atomic E-state index is 5.62. The summed E-state index contributed by atoms with van der Waals surface area (Å²) in [5, 5.41) is 4.05. The van der Waals surface area contributed by atoms with Crippen LogP contribution >= 0.6 is 0 Å². The van der Waals surface area contributed by atoms with Gasteiger partial charge in [0.25, 0.3) is 5.89 Å². The highest BCUT2D eigenvalue weighted by molar-refractivity contribution is 5.58. The Morgan fingerprint density at radius 1 is 1.22 bits per heavy atom. The third kappa shape index (κ3) is 2.59. The van der Waals surface area contributed by atoms with Gasteiger partial charge in [-0.3, -0.25) is 0 Å². The van der Waals surface area contributed by atoms with Crippen LogP contribution in [-0.2, 0) is 11.8 Å². The van der Waals surface area contributed by atoms with E-state index in [9.17, 15) is 0 Å². The molecule has 1 aromatic heterocycles. The normalized spacial score (nSPS) is 11.8. The fourth-order valence-corrected chi connectivity index (χ4v) is 1.74. The highest BCUT2D eigenvalue weighted by atomic mass is 16.5. The zero-order valence-electron chi connectivity index (χ0n) is 11.1. The van der Waals surface area contributed by atoms with Crippen LogP contribution < -0.4 is 5.73 Å². The van der Waals surface area contributed by atoms with Crippen molar-refractivity contribution in [3.05, 3.63) is 35.7 Å². The molecule has 2 rings (SSSR count). The first-order valence-corrected chi connectivity index (χ1v) is 6.15. The van der Waals surface area contributed by atoms with E-state index in [0.717, 1.165) is 23.4 Å². The summed E-state index contributed by atoms with van der Waals surface area (Å²) >= 11 is 0. The molecule has 0 amide bonds. The topological polar surface area (TPSA) is 64.9 Å². The zero-order valence-corrected chi connectivity index (χ0v) is 11.1. The van der Waals surface area contributed by atoms with Crippen LogP contribution in [0.5, 0.6) is 0 Å². The molecule has 4 heteroatoms. The Balaban J connectivity index is 2.40. The standard InChI is InChI=1S/C14H19N3O/c1-14(2,3)13-16-12(18-17-13)11-7-5-4-6-10(11)8-9-15/h4-7H,8-9,15H2,1-3H3. The summed E-state index contributed by atoms with van der Waals surface area (Å²) in [5.74, 6) is 1.30. The Hall–Kier alpha value is -1.68. The van der Waals surface area contributed by atoms with E-state index < -0.39 is 0 Å². The lowest BCUT2D eigenvalue weighted by molar-refractivity contribution is 0.402. The molecule has 0 saturated carbocycles. The van der Waals surface area contributed by atoms with Gasteiger partial charge in [0.2, 0.25) is 0 Å². The Morgan fingerprint density at radius 3 is 2.56 bits per heavy atom. The molecule has 0 unspecified atom stereocenters. The molecule has 96 valence electrons. The van der Waals surface area contributed by atoms with Crippen molar-refractivity contribution in [2.75, 3.05) is 6.54 Å². The quantitative estimate of drug-likeness (QED) is 0.902. The Labute approximate surface area is 107 Å². The van der Waals surface area contributed by atoms with Gasteiger partial charge in [0.05, 0.1) is 0 Å². The largest absolute Gasteiger partial charge is 0.334 e. The van der Waals surface area contributed by atoms with Crippen LogP contribution in [0.4, 0.5) is 0 Å². The van der Waals surface area contributed by atoms with Crippen molar-refractivity contribution >= 4 is 0 Å². The number of rotatable bonds is 3. The number of aromatic nitrogens is 2. The highest BCUT2D eigenvalue weighted by Gasteiger charge is 2.22. The fraction of sp³-hybridized carbons (Fsp3) is 0.429. The lowest BCUT2D eigenvalue weighted by atomic mass is 9.96. The minimum absolute atomic E-state index is 0.107. The fourth-order valence-electron chi connectivity index (χ4n) is 1.74. The number of nitrogens with two attached hydrogens (primary N) is 1. The third-order valence-corrected chi connectivity index (χ3v) is 2.76. The zero-order chi connectivity index (χ0) is 13.2. The molecular formula is C14H19N3O. The van der Waals surface area contributed by atoms with Gasteiger partial charge in [-0.2, -0.15) is 4.98 Å². The van der Waals surface area contributed by atoms with E-state index in [-0.39, 0.29) is 5.41 Å². The van der Waals surface area contributed by atoms with Crippen molar-refractivity contribution < 1.29 is 4.52 Å². The molecule has 4 nitrogen and oxygen atoms in total. The van der Waals surface area contributed by atoms with E-state index in [1.54, 1.807) is 0 Å². The van der Waals surface area contributed by atoms with Crippen LogP contribution in [0.15, 0.2) is 28.8 Å². The van der Waals surface area contributed by atoms with Gasteiger partial charge in [-0.15, -0.1) is 0 Å². The summed E-state index contributed by atoms with van der Waals surface area (Å²) in [6, 6.07) is 8.00. The van der Waals surface area contributed by atoms with Gasteiger partial charge in [0, 0.05) is 11.0 Å². The van der Waals surface area contributed by atoms with Crippen LogP contribution in [-0.4, -0.2) is 16.7 Å². The molecule has 0 radical (unpaired) electrons. The van der Waals surface area contributed by atoms with Gasteiger partial charge in [-0.05, 0) is 24.6 Å². The summed E-state index contributed by atoms with van der Waals surface area (Å²) in [4.78, 5) is 4.48. The Bertz CT molecular complexity index is 526. The molecule has 2 N–H and O–H groups in total. The van der Waals surface area contributed by atoms with Crippen molar-refractivity contribution in [2.45, 2.75) is 32.6 Å². The van der Waals surface area contributed by atoms with Crippen molar-refractivity contribution in [2.24, 2.45) is 5.73 Å². The number of nitrogens with zero attached hydrogens (tertiary/aromatic N) is 2. The predicted molar refractivity (Wildman–Crippen MR) is 71.2 cm³/mol. The molecular weight excluding hydrogens is 226 g/mol. The van der Waals surface area contributed by atoms with Crippen LogP contribution in [0.3, 0.4) is 0 Å². The van der Waals surface area contributed by atoms with Gasteiger partial charge in [-0.1, -0.05) is 44.1 Å². The van der Waals surface area contributed by atoms with E-state index in [2.05, 4.69) is 30.9 Å². The van der Waals surface area contributed by atoms with Gasteiger partial charge >= 0.3 is 0 Å². The molecule has 0 saturated heterocycles. The monoisotopic (exact) mass is 245 g/mol. The second-order valence-corrected chi connectivity index (χ2v) is 5.37. The van der Waals surface area contributed by atoms with E-state index in [4.69, 9.17) is 10.3 Å². The average molecular weight is 245 g/mol. The van der Waals surface area contributed by atoms with Gasteiger partial charge in [0.1, 0.15) is 0 Å². The highest BCUT2D eigenvalue weighted by Crippen LogP contribution is 2.26. The van der Waals surface area contributed by atoms with Gasteiger partial charge < -0.3 is 10.3 Å². The second-order valence-electron chi connectivity index (χ2n) is 5.37. The van der Waals surface area contributed by atoms with Crippen molar-refractivity contribution in [3.8, 4) is 11.5 Å². The summed E-state index contributed by atoms with van der Waals surface area (Å²) in [6.45, 7) is 6.80. The molecule has 2 aromatic rings. The molecule has 0 atom stereocenters. The predicted octanol–water partition coefficient (Wildman–Crippen LogP) is 2.54.